The quantitative estimate of drug-likeness (QED) is 0.773. The van der Waals surface area contributed by atoms with Crippen LogP contribution in [0.1, 0.15) is 11.1 Å². The third kappa shape index (κ3) is 4.88. The summed E-state index contributed by atoms with van der Waals surface area (Å²) < 4.78 is 25.9. The van der Waals surface area contributed by atoms with Crippen LogP contribution in [-0.2, 0) is 27.8 Å². The topological polar surface area (TPSA) is 92.5 Å². The Morgan fingerprint density at radius 2 is 1.68 bits per heavy atom. The van der Waals surface area contributed by atoms with Crippen molar-refractivity contribution in [2.45, 2.75) is 23.9 Å². The number of sulfonamides is 1. The van der Waals surface area contributed by atoms with E-state index in [9.17, 15) is 13.2 Å². The second-order valence-electron chi connectivity index (χ2n) is 5.91. The van der Waals surface area contributed by atoms with Crippen molar-refractivity contribution >= 4 is 15.9 Å². The van der Waals surface area contributed by atoms with Crippen molar-refractivity contribution in [1.29, 1.82) is 0 Å². The van der Waals surface area contributed by atoms with Gasteiger partial charge in [0, 0.05) is 20.6 Å². The van der Waals surface area contributed by atoms with Gasteiger partial charge in [-0.2, -0.15) is 0 Å². The standard InChI is InChI=1S/C18H23N3O3S/c1-21(2)25(23,24)17-11-7-6-10-15(17)13-20-18(22)16(19)12-14-8-4-3-5-9-14/h3-11,16H,12-13,19H2,1-2H3,(H,20,22). The lowest BCUT2D eigenvalue weighted by atomic mass is 10.1. The molecule has 0 heterocycles. The maximum Gasteiger partial charge on any atom is 0.242 e. The number of benzene rings is 2. The highest BCUT2D eigenvalue weighted by molar-refractivity contribution is 7.89. The summed E-state index contributed by atoms with van der Waals surface area (Å²) in [7, 11) is -0.628. The molecule has 1 atom stereocenters. The van der Waals surface area contributed by atoms with Crippen molar-refractivity contribution in [3.63, 3.8) is 0 Å². The van der Waals surface area contributed by atoms with Crippen LogP contribution in [0.4, 0.5) is 0 Å². The fourth-order valence-corrected chi connectivity index (χ4v) is 3.49. The van der Waals surface area contributed by atoms with Gasteiger partial charge in [0.2, 0.25) is 15.9 Å². The highest BCUT2D eigenvalue weighted by Crippen LogP contribution is 2.18. The molecule has 0 aliphatic carbocycles. The fraction of sp³-hybridized carbons (Fsp3) is 0.278. The normalized spacial score (nSPS) is 12.8. The van der Waals surface area contributed by atoms with Gasteiger partial charge in [-0.3, -0.25) is 4.79 Å². The van der Waals surface area contributed by atoms with Crippen molar-refractivity contribution in [1.82, 2.24) is 9.62 Å². The molecule has 2 aromatic rings. The Kier molecular flexibility index (Phi) is 6.30. The third-order valence-electron chi connectivity index (χ3n) is 3.82. The second kappa shape index (κ2) is 8.24. The Morgan fingerprint density at radius 3 is 2.32 bits per heavy atom. The number of rotatable bonds is 7. The van der Waals surface area contributed by atoms with Gasteiger partial charge in [0.25, 0.3) is 0 Å². The number of carbonyl (C=O) groups is 1. The monoisotopic (exact) mass is 361 g/mol. The molecule has 2 aromatic carbocycles. The molecule has 1 amide bonds. The van der Waals surface area contributed by atoms with E-state index in [1.165, 1.54) is 20.2 Å². The van der Waals surface area contributed by atoms with Gasteiger partial charge >= 0.3 is 0 Å². The summed E-state index contributed by atoms with van der Waals surface area (Å²) >= 11 is 0. The average molecular weight is 361 g/mol. The molecule has 0 bridgehead atoms. The molecule has 7 heteroatoms. The first-order chi connectivity index (χ1) is 11.8. The van der Waals surface area contributed by atoms with Crippen LogP contribution >= 0.6 is 0 Å². The predicted octanol–water partition coefficient (Wildman–Crippen LogP) is 1.12. The number of hydrogen-bond acceptors (Lipinski definition) is 4. The summed E-state index contributed by atoms with van der Waals surface area (Å²) in [5.41, 5.74) is 7.44. The van der Waals surface area contributed by atoms with Crippen LogP contribution in [0.3, 0.4) is 0 Å². The van der Waals surface area contributed by atoms with E-state index in [1.807, 2.05) is 30.3 Å². The Labute approximate surface area is 148 Å². The SMILES string of the molecule is CN(C)S(=O)(=O)c1ccccc1CNC(=O)C(N)Cc1ccccc1. The molecular formula is C18H23N3O3S. The van der Waals surface area contributed by atoms with Gasteiger partial charge in [-0.15, -0.1) is 0 Å². The molecule has 0 saturated heterocycles. The minimum absolute atomic E-state index is 0.102. The summed E-state index contributed by atoms with van der Waals surface area (Å²) in [6, 6.07) is 15.4. The maximum atomic E-state index is 12.4. The molecular weight excluding hydrogens is 338 g/mol. The van der Waals surface area contributed by atoms with Crippen molar-refractivity contribution in [2.24, 2.45) is 5.73 Å². The molecule has 3 N–H and O–H groups in total. The molecule has 0 aromatic heterocycles. The van der Waals surface area contributed by atoms with Crippen LogP contribution in [0.15, 0.2) is 59.5 Å². The van der Waals surface area contributed by atoms with Crippen LogP contribution in [0.5, 0.6) is 0 Å². The van der Waals surface area contributed by atoms with Crippen LogP contribution < -0.4 is 11.1 Å². The molecule has 0 aliphatic rings. The van der Waals surface area contributed by atoms with Gasteiger partial charge in [0.1, 0.15) is 0 Å². The smallest absolute Gasteiger partial charge is 0.242 e. The zero-order valence-electron chi connectivity index (χ0n) is 14.3. The number of nitrogens with one attached hydrogen (secondary N) is 1. The van der Waals surface area contributed by atoms with Crippen LogP contribution in [-0.4, -0.2) is 38.8 Å². The predicted molar refractivity (Wildman–Crippen MR) is 97.3 cm³/mol. The number of amides is 1. The van der Waals surface area contributed by atoms with Crippen molar-refractivity contribution in [2.75, 3.05) is 14.1 Å². The van der Waals surface area contributed by atoms with Gasteiger partial charge in [-0.25, -0.2) is 12.7 Å². The fourth-order valence-electron chi connectivity index (χ4n) is 2.37. The van der Waals surface area contributed by atoms with Gasteiger partial charge < -0.3 is 11.1 Å². The first-order valence-electron chi connectivity index (χ1n) is 7.90. The molecule has 0 saturated carbocycles. The first-order valence-corrected chi connectivity index (χ1v) is 9.34. The molecule has 134 valence electrons. The van der Waals surface area contributed by atoms with Gasteiger partial charge in [-0.1, -0.05) is 48.5 Å². The summed E-state index contributed by atoms with van der Waals surface area (Å²) in [5.74, 6) is -0.319. The number of nitrogens with two attached hydrogens (primary N) is 1. The van der Waals surface area contributed by atoms with E-state index in [2.05, 4.69) is 5.32 Å². The second-order valence-corrected chi connectivity index (χ2v) is 8.03. The zero-order valence-corrected chi connectivity index (χ0v) is 15.2. The van der Waals surface area contributed by atoms with E-state index in [0.29, 0.717) is 12.0 Å². The lowest BCUT2D eigenvalue weighted by Crippen LogP contribution is -2.41. The number of carbonyl (C=O) groups excluding carboxylic acids is 1. The van der Waals surface area contributed by atoms with Gasteiger partial charge in [-0.05, 0) is 23.6 Å². The van der Waals surface area contributed by atoms with Gasteiger partial charge in [0.15, 0.2) is 0 Å². The Morgan fingerprint density at radius 1 is 1.08 bits per heavy atom. The van der Waals surface area contributed by atoms with Crippen molar-refractivity contribution in [3.05, 3.63) is 65.7 Å². The maximum absolute atomic E-state index is 12.4. The lowest BCUT2D eigenvalue weighted by Gasteiger charge is -2.16. The number of hydrogen-bond donors (Lipinski definition) is 2. The minimum Gasteiger partial charge on any atom is -0.351 e. The molecule has 1 unspecified atom stereocenters. The highest BCUT2D eigenvalue weighted by atomic mass is 32.2. The van der Waals surface area contributed by atoms with E-state index in [0.717, 1.165) is 9.87 Å². The molecule has 6 nitrogen and oxygen atoms in total. The largest absolute Gasteiger partial charge is 0.351 e. The first kappa shape index (κ1) is 19.1. The molecule has 25 heavy (non-hydrogen) atoms. The summed E-state index contributed by atoms with van der Waals surface area (Å²) in [5, 5.41) is 2.72. The van der Waals surface area contributed by atoms with Crippen LogP contribution in [0.2, 0.25) is 0 Å². The average Bonchev–Trinajstić information content (AvgIpc) is 2.60. The van der Waals surface area contributed by atoms with E-state index in [1.54, 1.807) is 18.2 Å². The third-order valence-corrected chi connectivity index (χ3v) is 5.74. The Hall–Kier alpha value is -2.22. The minimum atomic E-state index is -3.57. The summed E-state index contributed by atoms with van der Waals surface area (Å²) in [4.78, 5) is 12.4. The Bertz CT molecular complexity index is 820. The van der Waals surface area contributed by atoms with Crippen LogP contribution in [0, 0.1) is 0 Å². The molecule has 0 spiro atoms. The Balaban J connectivity index is 2.05. The summed E-state index contributed by atoms with van der Waals surface area (Å²) in [6.45, 7) is 0.102. The van der Waals surface area contributed by atoms with E-state index in [-0.39, 0.29) is 17.3 Å². The van der Waals surface area contributed by atoms with Crippen molar-refractivity contribution in [3.8, 4) is 0 Å². The van der Waals surface area contributed by atoms with Gasteiger partial charge in [0.05, 0.1) is 10.9 Å². The van der Waals surface area contributed by atoms with Crippen molar-refractivity contribution < 1.29 is 13.2 Å². The molecule has 0 aliphatic heterocycles. The molecule has 2 rings (SSSR count). The summed E-state index contributed by atoms with van der Waals surface area (Å²) in [6.07, 6.45) is 0.421. The molecule has 0 fully saturated rings. The highest BCUT2D eigenvalue weighted by Gasteiger charge is 2.21. The van der Waals surface area contributed by atoms with Crippen LogP contribution in [0.25, 0.3) is 0 Å². The number of nitrogens with zero attached hydrogens (tertiary/aromatic N) is 1. The molecule has 0 radical (unpaired) electrons. The van der Waals surface area contributed by atoms with E-state index < -0.39 is 16.1 Å². The zero-order chi connectivity index (χ0) is 18.4. The van der Waals surface area contributed by atoms with E-state index >= 15 is 0 Å². The van der Waals surface area contributed by atoms with E-state index in [4.69, 9.17) is 5.73 Å². The lowest BCUT2D eigenvalue weighted by molar-refractivity contribution is -0.122.